The molecule has 2 aromatic rings. The molecule has 1 aromatic heterocycles. The maximum Gasteiger partial charge on any atom is 0.347 e. The highest BCUT2D eigenvalue weighted by atomic mass is 79.9. The molecule has 136 valence electrons. The summed E-state index contributed by atoms with van der Waals surface area (Å²) in [5.74, 6) is 0.670. The normalized spacial score (nSPS) is 11.9. The summed E-state index contributed by atoms with van der Waals surface area (Å²) in [4.78, 5) is 24.5. The number of benzene rings is 1. The van der Waals surface area contributed by atoms with E-state index in [0.717, 1.165) is 5.56 Å². The first-order valence-corrected chi connectivity index (χ1v) is 8.44. The van der Waals surface area contributed by atoms with Crippen molar-refractivity contribution >= 4 is 21.9 Å². The summed E-state index contributed by atoms with van der Waals surface area (Å²) in [5, 5.41) is 4.17. The lowest BCUT2D eigenvalue weighted by atomic mass is 10.2. The average Bonchev–Trinajstić information content (AvgIpc) is 2.87. The highest BCUT2D eigenvalue weighted by molar-refractivity contribution is 9.10. The molecule has 0 amide bonds. The van der Waals surface area contributed by atoms with Crippen LogP contribution in [0.15, 0.2) is 27.7 Å². The monoisotopic (exact) mass is 413 g/mol. The van der Waals surface area contributed by atoms with Crippen molar-refractivity contribution < 1.29 is 19.0 Å². The second kappa shape index (κ2) is 8.19. The second-order valence-corrected chi connectivity index (χ2v) is 5.91. The molecular formula is C16H20BrN3O5. The molecule has 0 saturated carbocycles. The van der Waals surface area contributed by atoms with Crippen LogP contribution in [0.1, 0.15) is 25.5 Å². The number of rotatable bonds is 7. The number of carbonyl (C=O) groups excluding carboxylic acids is 1. The number of carbonyl (C=O) groups is 1. The SMILES string of the molecule is CCOC(=O)C(C)n1c(Br)nn(Cc2ccc(OC)c(OC)c2)c1=O. The van der Waals surface area contributed by atoms with Crippen LogP contribution < -0.4 is 15.2 Å². The molecule has 1 aromatic carbocycles. The van der Waals surface area contributed by atoms with Crippen LogP contribution in [0.4, 0.5) is 0 Å². The van der Waals surface area contributed by atoms with Gasteiger partial charge in [-0.15, -0.1) is 5.10 Å². The zero-order valence-electron chi connectivity index (χ0n) is 14.5. The molecule has 0 aliphatic rings. The fourth-order valence-electron chi connectivity index (χ4n) is 2.34. The zero-order valence-corrected chi connectivity index (χ0v) is 16.1. The van der Waals surface area contributed by atoms with Crippen LogP contribution in [0.25, 0.3) is 0 Å². The third-order valence-electron chi connectivity index (χ3n) is 3.62. The molecule has 0 N–H and O–H groups in total. The molecule has 0 bridgehead atoms. The predicted octanol–water partition coefficient (Wildman–Crippen LogP) is 2.00. The van der Waals surface area contributed by atoms with Gasteiger partial charge in [0.15, 0.2) is 11.5 Å². The average molecular weight is 414 g/mol. The van der Waals surface area contributed by atoms with E-state index in [1.54, 1.807) is 40.2 Å². The van der Waals surface area contributed by atoms with Gasteiger partial charge < -0.3 is 14.2 Å². The molecule has 0 aliphatic heterocycles. The van der Waals surface area contributed by atoms with Crippen LogP contribution in [0.3, 0.4) is 0 Å². The van der Waals surface area contributed by atoms with Crippen LogP contribution in [-0.4, -0.2) is 41.1 Å². The van der Waals surface area contributed by atoms with E-state index in [-0.39, 0.29) is 17.9 Å². The first-order chi connectivity index (χ1) is 11.9. The quantitative estimate of drug-likeness (QED) is 0.645. The van der Waals surface area contributed by atoms with Gasteiger partial charge in [0, 0.05) is 0 Å². The van der Waals surface area contributed by atoms with Crippen molar-refractivity contribution in [2.75, 3.05) is 20.8 Å². The van der Waals surface area contributed by atoms with Gasteiger partial charge in [-0.3, -0.25) is 4.57 Å². The van der Waals surface area contributed by atoms with E-state index in [9.17, 15) is 9.59 Å². The van der Waals surface area contributed by atoms with E-state index < -0.39 is 17.7 Å². The Kier molecular flexibility index (Phi) is 6.24. The third kappa shape index (κ3) is 4.04. The number of esters is 1. The summed E-state index contributed by atoms with van der Waals surface area (Å²) < 4.78 is 18.2. The number of hydrogen-bond donors (Lipinski definition) is 0. The molecule has 0 saturated heterocycles. The third-order valence-corrected chi connectivity index (χ3v) is 4.16. The van der Waals surface area contributed by atoms with Gasteiger partial charge in [0.2, 0.25) is 4.73 Å². The van der Waals surface area contributed by atoms with Crippen molar-refractivity contribution in [2.45, 2.75) is 26.4 Å². The minimum Gasteiger partial charge on any atom is -0.493 e. The molecule has 25 heavy (non-hydrogen) atoms. The Hall–Kier alpha value is -2.29. The molecule has 0 fully saturated rings. The van der Waals surface area contributed by atoms with Crippen molar-refractivity contribution in [1.82, 2.24) is 14.3 Å². The fourth-order valence-corrected chi connectivity index (χ4v) is 2.99. The van der Waals surface area contributed by atoms with Gasteiger partial charge in [-0.25, -0.2) is 14.3 Å². The van der Waals surface area contributed by atoms with Crippen molar-refractivity contribution in [2.24, 2.45) is 0 Å². The van der Waals surface area contributed by atoms with Crippen molar-refractivity contribution in [3.05, 3.63) is 39.0 Å². The summed E-state index contributed by atoms with van der Waals surface area (Å²) in [6, 6.07) is 4.57. The Morgan fingerprint density at radius 1 is 1.28 bits per heavy atom. The Morgan fingerprint density at radius 3 is 2.56 bits per heavy atom. The molecule has 1 unspecified atom stereocenters. The molecule has 9 heteroatoms. The Labute approximate surface area is 153 Å². The molecular weight excluding hydrogens is 394 g/mol. The maximum absolute atomic E-state index is 12.6. The Bertz CT molecular complexity index is 815. The van der Waals surface area contributed by atoms with Crippen molar-refractivity contribution in [3.8, 4) is 11.5 Å². The van der Waals surface area contributed by atoms with Gasteiger partial charge >= 0.3 is 11.7 Å². The number of nitrogens with zero attached hydrogens (tertiary/aromatic N) is 3. The number of hydrogen-bond acceptors (Lipinski definition) is 6. The molecule has 8 nitrogen and oxygen atoms in total. The molecule has 0 spiro atoms. The van der Waals surface area contributed by atoms with Crippen LogP contribution in [-0.2, 0) is 16.1 Å². The zero-order chi connectivity index (χ0) is 18.6. The summed E-state index contributed by atoms with van der Waals surface area (Å²) >= 11 is 3.23. The van der Waals surface area contributed by atoms with Crippen molar-refractivity contribution in [3.63, 3.8) is 0 Å². The van der Waals surface area contributed by atoms with E-state index in [1.165, 1.54) is 9.25 Å². The minimum absolute atomic E-state index is 0.223. The van der Waals surface area contributed by atoms with E-state index in [0.29, 0.717) is 11.5 Å². The fraction of sp³-hybridized carbons (Fsp3) is 0.438. The van der Waals surface area contributed by atoms with Crippen LogP contribution in [0.2, 0.25) is 0 Å². The van der Waals surface area contributed by atoms with Gasteiger partial charge in [0.25, 0.3) is 0 Å². The van der Waals surface area contributed by atoms with Gasteiger partial charge in [-0.05, 0) is 47.5 Å². The lowest BCUT2D eigenvalue weighted by Crippen LogP contribution is -2.31. The van der Waals surface area contributed by atoms with E-state index in [2.05, 4.69) is 21.0 Å². The van der Waals surface area contributed by atoms with E-state index in [1.807, 2.05) is 6.07 Å². The lowest BCUT2D eigenvalue weighted by Gasteiger charge is -2.11. The van der Waals surface area contributed by atoms with Gasteiger partial charge in [-0.1, -0.05) is 6.07 Å². The van der Waals surface area contributed by atoms with Crippen LogP contribution >= 0.6 is 15.9 Å². The predicted molar refractivity (Wildman–Crippen MR) is 94.2 cm³/mol. The topological polar surface area (TPSA) is 84.6 Å². The number of halogens is 1. The highest BCUT2D eigenvalue weighted by Crippen LogP contribution is 2.27. The summed E-state index contributed by atoms with van der Waals surface area (Å²) in [6.07, 6.45) is 0. The highest BCUT2D eigenvalue weighted by Gasteiger charge is 2.23. The van der Waals surface area contributed by atoms with Gasteiger partial charge in [0.05, 0.1) is 27.4 Å². The van der Waals surface area contributed by atoms with Crippen LogP contribution in [0.5, 0.6) is 11.5 Å². The first-order valence-electron chi connectivity index (χ1n) is 7.65. The minimum atomic E-state index is -0.777. The molecule has 1 atom stereocenters. The number of methoxy groups -OCH3 is 2. The molecule has 1 heterocycles. The maximum atomic E-state index is 12.6. The smallest absolute Gasteiger partial charge is 0.347 e. The van der Waals surface area contributed by atoms with Crippen LogP contribution in [0, 0.1) is 0 Å². The first kappa shape index (κ1) is 19.0. The Morgan fingerprint density at radius 2 is 1.96 bits per heavy atom. The summed E-state index contributed by atoms with van der Waals surface area (Å²) in [6.45, 7) is 3.77. The molecule has 2 rings (SSSR count). The lowest BCUT2D eigenvalue weighted by molar-refractivity contribution is -0.146. The number of ether oxygens (including phenoxy) is 3. The standard InChI is InChI=1S/C16H20BrN3O5/c1-5-25-14(21)10(2)20-15(17)18-19(16(20)22)9-11-6-7-12(23-3)13(8-11)24-4/h6-8,10H,5,9H2,1-4H3. The van der Waals surface area contributed by atoms with Gasteiger partial charge in [0.1, 0.15) is 6.04 Å². The van der Waals surface area contributed by atoms with E-state index in [4.69, 9.17) is 14.2 Å². The summed E-state index contributed by atoms with van der Waals surface area (Å²) in [7, 11) is 3.09. The summed E-state index contributed by atoms with van der Waals surface area (Å²) in [5.41, 5.74) is 0.392. The second-order valence-electron chi connectivity index (χ2n) is 5.20. The largest absolute Gasteiger partial charge is 0.493 e. The van der Waals surface area contributed by atoms with E-state index >= 15 is 0 Å². The Balaban J connectivity index is 2.32. The number of aromatic nitrogens is 3. The molecule has 0 aliphatic carbocycles. The van der Waals surface area contributed by atoms with Gasteiger partial charge in [-0.2, -0.15) is 0 Å². The molecule has 0 radical (unpaired) electrons. The van der Waals surface area contributed by atoms with Crippen molar-refractivity contribution in [1.29, 1.82) is 0 Å².